The van der Waals surface area contributed by atoms with Gasteiger partial charge >= 0.3 is 0 Å². The van der Waals surface area contributed by atoms with Gasteiger partial charge in [-0.05, 0) is 39.7 Å². The molecule has 14 heavy (non-hydrogen) atoms. The second-order valence-electron chi connectivity index (χ2n) is 4.20. The molecule has 0 radical (unpaired) electrons. The molecule has 2 unspecified atom stereocenters. The van der Waals surface area contributed by atoms with Gasteiger partial charge in [0.05, 0.1) is 12.2 Å². The Labute approximate surface area is 86.9 Å². The molecule has 2 atom stereocenters. The largest absolute Gasteiger partial charge is 0.381 e. The van der Waals surface area contributed by atoms with Crippen molar-refractivity contribution in [3.05, 3.63) is 0 Å². The molecule has 0 saturated carbocycles. The summed E-state index contributed by atoms with van der Waals surface area (Å²) in [6.45, 7) is 7.39. The third-order valence-corrected chi connectivity index (χ3v) is 3.14. The minimum Gasteiger partial charge on any atom is -0.381 e. The van der Waals surface area contributed by atoms with Crippen LogP contribution in [0.25, 0.3) is 0 Å². The molecule has 0 spiro atoms. The van der Waals surface area contributed by atoms with Gasteiger partial charge in [0.1, 0.15) is 0 Å². The van der Waals surface area contributed by atoms with Gasteiger partial charge in [0, 0.05) is 19.1 Å². The molecule has 3 nitrogen and oxygen atoms in total. The molecule has 1 aliphatic heterocycles. The van der Waals surface area contributed by atoms with Crippen molar-refractivity contribution in [3.63, 3.8) is 0 Å². The van der Waals surface area contributed by atoms with Crippen molar-refractivity contribution < 1.29 is 9.47 Å². The van der Waals surface area contributed by atoms with Gasteiger partial charge in [0.2, 0.25) is 0 Å². The summed E-state index contributed by atoms with van der Waals surface area (Å²) in [6, 6.07) is 0. The quantitative estimate of drug-likeness (QED) is 0.734. The van der Waals surface area contributed by atoms with Gasteiger partial charge in [0.15, 0.2) is 0 Å². The van der Waals surface area contributed by atoms with Gasteiger partial charge < -0.3 is 15.2 Å². The van der Waals surface area contributed by atoms with E-state index in [1.807, 2.05) is 6.92 Å². The maximum absolute atomic E-state index is 5.85. The maximum atomic E-state index is 5.85. The minimum atomic E-state index is -0.0794. The fourth-order valence-electron chi connectivity index (χ4n) is 2.23. The first-order chi connectivity index (χ1) is 6.73. The predicted octanol–water partition coefficient (Wildman–Crippen LogP) is 1.56. The molecule has 1 saturated heterocycles. The Morgan fingerprint density at radius 3 is 2.86 bits per heavy atom. The standard InChI is InChI=1S/C11H23NO2/c1-3-14-11(2,6-7-12)10-5-4-8-13-9-10/h10H,3-9,12H2,1-2H3. The lowest BCUT2D eigenvalue weighted by atomic mass is 9.82. The van der Waals surface area contributed by atoms with Crippen molar-refractivity contribution in [1.29, 1.82) is 0 Å². The van der Waals surface area contributed by atoms with Gasteiger partial charge in [-0.2, -0.15) is 0 Å². The molecule has 3 heteroatoms. The van der Waals surface area contributed by atoms with Crippen LogP contribution in [-0.4, -0.2) is 32.0 Å². The molecule has 1 rings (SSSR count). The first-order valence-corrected chi connectivity index (χ1v) is 5.64. The van der Waals surface area contributed by atoms with Crippen LogP contribution in [0.2, 0.25) is 0 Å². The smallest absolute Gasteiger partial charge is 0.0716 e. The van der Waals surface area contributed by atoms with Crippen molar-refractivity contribution in [2.75, 3.05) is 26.4 Å². The second kappa shape index (κ2) is 5.69. The molecule has 1 heterocycles. The van der Waals surface area contributed by atoms with Crippen molar-refractivity contribution in [2.45, 2.75) is 38.7 Å². The Balaban J connectivity index is 2.54. The molecule has 1 fully saturated rings. The Kier molecular flexibility index (Phi) is 4.85. The van der Waals surface area contributed by atoms with E-state index in [-0.39, 0.29) is 5.60 Å². The second-order valence-corrected chi connectivity index (χ2v) is 4.20. The zero-order valence-electron chi connectivity index (χ0n) is 9.42. The highest BCUT2D eigenvalue weighted by atomic mass is 16.5. The Morgan fingerprint density at radius 1 is 1.57 bits per heavy atom. The molecule has 0 aromatic heterocycles. The summed E-state index contributed by atoms with van der Waals surface area (Å²) in [5.41, 5.74) is 5.55. The van der Waals surface area contributed by atoms with Crippen molar-refractivity contribution >= 4 is 0 Å². The zero-order valence-corrected chi connectivity index (χ0v) is 9.42. The van der Waals surface area contributed by atoms with Gasteiger partial charge in [0.25, 0.3) is 0 Å². The Morgan fingerprint density at radius 2 is 2.36 bits per heavy atom. The van der Waals surface area contributed by atoms with E-state index in [9.17, 15) is 0 Å². The molecule has 2 N–H and O–H groups in total. The van der Waals surface area contributed by atoms with E-state index in [2.05, 4.69) is 6.92 Å². The van der Waals surface area contributed by atoms with E-state index >= 15 is 0 Å². The summed E-state index contributed by atoms with van der Waals surface area (Å²) in [6.07, 6.45) is 3.28. The van der Waals surface area contributed by atoms with Crippen LogP contribution in [0, 0.1) is 5.92 Å². The van der Waals surface area contributed by atoms with E-state index in [0.717, 1.165) is 32.7 Å². The van der Waals surface area contributed by atoms with Crippen LogP contribution < -0.4 is 5.73 Å². The highest BCUT2D eigenvalue weighted by Gasteiger charge is 2.35. The molecule has 0 aromatic rings. The normalized spacial score (nSPS) is 27.2. The molecule has 0 bridgehead atoms. The number of nitrogens with two attached hydrogens (primary N) is 1. The fraction of sp³-hybridized carbons (Fsp3) is 1.00. The van der Waals surface area contributed by atoms with E-state index < -0.39 is 0 Å². The minimum absolute atomic E-state index is 0.0794. The highest BCUT2D eigenvalue weighted by Crippen LogP contribution is 2.31. The summed E-state index contributed by atoms with van der Waals surface area (Å²) >= 11 is 0. The van der Waals surface area contributed by atoms with Gasteiger partial charge in [-0.1, -0.05) is 0 Å². The average Bonchev–Trinajstić information content (AvgIpc) is 2.20. The summed E-state index contributed by atoms with van der Waals surface area (Å²) in [4.78, 5) is 0. The van der Waals surface area contributed by atoms with Gasteiger partial charge in [-0.25, -0.2) is 0 Å². The van der Waals surface area contributed by atoms with Crippen LogP contribution in [0.3, 0.4) is 0 Å². The first kappa shape index (κ1) is 12.0. The molecular formula is C11H23NO2. The van der Waals surface area contributed by atoms with E-state index in [0.29, 0.717) is 12.5 Å². The summed E-state index contributed by atoms with van der Waals surface area (Å²) < 4.78 is 11.3. The number of ether oxygens (including phenoxy) is 2. The van der Waals surface area contributed by atoms with Crippen LogP contribution in [0.4, 0.5) is 0 Å². The summed E-state index contributed by atoms with van der Waals surface area (Å²) in [5, 5.41) is 0. The summed E-state index contributed by atoms with van der Waals surface area (Å²) in [5.74, 6) is 0.514. The molecule has 0 amide bonds. The van der Waals surface area contributed by atoms with Crippen LogP contribution in [-0.2, 0) is 9.47 Å². The molecule has 0 aliphatic carbocycles. The van der Waals surface area contributed by atoms with Crippen LogP contribution >= 0.6 is 0 Å². The van der Waals surface area contributed by atoms with Crippen LogP contribution in [0.15, 0.2) is 0 Å². The first-order valence-electron chi connectivity index (χ1n) is 5.64. The predicted molar refractivity (Wildman–Crippen MR) is 57.2 cm³/mol. The third-order valence-electron chi connectivity index (χ3n) is 3.14. The monoisotopic (exact) mass is 201 g/mol. The Bertz CT molecular complexity index is 149. The number of rotatable bonds is 5. The van der Waals surface area contributed by atoms with Crippen molar-refractivity contribution in [1.82, 2.24) is 0 Å². The third kappa shape index (κ3) is 2.94. The van der Waals surface area contributed by atoms with E-state index in [4.69, 9.17) is 15.2 Å². The number of hydrogen-bond donors (Lipinski definition) is 1. The van der Waals surface area contributed by atoms with Gasteiger partial charge in [-0.3, -0.25) is 0 Å². The lowest BCUT2D eigenvalue weighted by molar-refractivity contribution is -0.111. The average molecular weight is 201 g/mol. The zero-order chi connectivity index (χ0) is 10.4. The topological polar surface area (TPSA) is 44.5 Å². The van der Waals surface area contributed by atoms with Crippen molar-refractivity contribution in [2.24, 2.45) is 11.7 Å². The number of hydrogen-bond acceptors (Lipinski definition) is 3. The lowest BCUT2D eigenvalue weighted by Crippen LogP contribution is -2.43. The molecule has 1 aliphatic rings. The molecule has 84 valence electrons. The van der Waals surface area contributed by atoms with Crippen LogP contribution in [0.1, 0.15) is 33.1 Å². The fourth-order valence-corrected chi connectivity index (χ4v) is 2.23. The molecule has 0 aromatic carbocycles. The SMILES string of the molecule is CCOC(C)(CCN)C1CCCOC1. The van der Waals surface area contributed by atoms with Crippen LogP contribution in [0.5, 0.6) is 0 Å². The van der Waals surface area contributed by atoms with E-state index in [1.165, 1.54) is 6.42 Å². The summed E-state index contributed by atoms with van der Waals surface area (Å²) in [7, 11) is 0. The highest BCUT2D eigenvalue weighted by molar-refractivity contribution is 4.85. The Hall–Kier alpha value is -0.120. The lowest BCUT2D eigenvalue weighted by Gasteiger charge is -2.39. The van der Waals surface area contributed by atoms with Crippen molar-refractivity contribution in [3.8, 4) is 0 Å². The molecular weight excluding hydrogens is 178 g/mol. The van der Waals surface area contributed by atoms with Gasteiger partial charge in [-0.15, -0.1) is 0 Å². The van der Waals surface area contributed by atoms with E-state index in [1.54, 1.807) is 0 Å². The maximum Gasteiger partial charge on any atom is 0.0716 e.